The molecule has 32 heavy (non-hydrogen) atoms. The smallest absolute Gasteiger partial charge is 0.261 e. The molecule has 1 aliphatic rings. The highest BCUT2D eigenvalue weighted by Gasteiger charge is 2.22. The van der Waals surface area contributed by atoms with Crippen molar-refractivity contribution in [3.8, 4) is 10.4 Å². The summed E-state index contributed by atoms with van der Waals surface area (Å²) >= 11 is 7.43. The third kappa shape index (κ3) is 5.17. The van der Waals surface area contributed by atoms with Gasteiger partial charge >= 0.3 is 0 Å². The van der Waals surface area contributed by atoms with Crippen LogP contribution in [0.25, 0.3) is 10.4 Å². The van der Waals surface area contributed by atoms with Crippen molar-refractivity contribution >= 4 is 44.4 Å². The number of rotatable bonds is 6. The summed E-state index contributed by atoms with van der Waals surface area (Å²) in [5, 5.41) is 3.85. The Labute approximate surface area is 197 Å². The average molecular weight is 489 g/mol. The molecule has 1 aromatic heterocycles. The predicted octanol–water partition coefficient (Wildman–Crippen LogP) is 5.26. The highest BCUT2D eigenvalue weighted by atomic mass is 35.5. The molecule has 0 spiro atoms. The maximum Gasteiger partial charge on any atom is 0.261 e. The van der Waals surface area contributed by atoms with Gasteiger partial charge in [0.2, 0.25) is 0 Å². The molecule has 168 valence electrons. The lowest BCUT2D eigenvalue weighted by Gasteiger charge is -2.34. The molecule has 1 aliphatic heterocycles. The number of anilines is 1. The number of nitrogens with zero attached hydrogens (tertiary/aromatic N) is 1. The van der Waals surface area contributed by atoms with Crippen molar-refractivity contribution < 1.29 is 13.2 Å². The fourth-order valence-corrected chi connectivity index (χ4v) is 5.72. The molecule has 1 amide bonds. The van der Waals surface area contributed by atoms with Gasteiger partial charge in [0.15, 0.2) is 9.84 Å². The first kappa shape index (κ1) is 22.8. The lowest BCUT2D eigenvalue weighted by atomic mass is 10.0. The van der Waals surface area contributed by atoms with Crippen LogP contribution in [0.15, 0.2) is 65.6 Å². The maximum absolute atomic E-state index is 12.7. The van der Waals surface area contributed by atoms with Crippen LogP contribution in [0.4, 0.5) is 5.69 Å². The summed E-state index contributed by atoms with van der Waals surface area (Å²) in [7, 11) is -3.18. The Morgan fingerprint density at radius 2 is 1.69 bits per heavy atom. The summed E-state index contributed by atoms with van der Waals surface area (Å²) in [6, 6.07) is 18.6. The number of halogens is 1. The topological polar surface area (TPSA) is 66.5 Å². The Kier molecular flexibility index (Phi) is 6.88. The van der Waals surface area contributed by atoms with Crippen LogP contribution < -0.4 is 10.2 Å². The number of benzene rings is 2. The minimum absolute atomic E-state index is 0.0391. The van der Waals surface area contributed by atoms with Crippen LogP contribution in [-0.4, -0.2) is 39.2 Å². The molecular weight excluding hydrogens is 464 g/mol. The van der Waals surface area contributed by atoms with Crippen molar-refractivity contribution in [3.05, 3.63) is 70.6 Å². The molecule has 0 saturated carbocycles. The molecule has 0 atom stereocenters. The van der Waals surface area contributed by atoms with E-state index in [4.69, 9.17) is 11.6 Å². The second kappa shape index (κ2) is 9.65. The molecule has 1 fully saturated rings. The van der Waals surface area contributed by atoms with E-state index in [-0.39, 0.29) is 17.7 Å². The molecule has 4 rings (SSSR count). The standard InChI is InChI=1S/C24H25ClN2O3S2/c1-2-32(29,30)21-9-7-20(8-10-21)27-15-13-19(14-16-27)26-24(28)23-12-11-22(31-23)17-3-5-18(25)6-4-17/h3-12,19H,2,13-16H2,1H3,(H,26,28). The van der Waals surface area contributed by atoms with Crippen LogP contribution in [0.5, 0.6) is 0 Å². The predicted molar refractivity (Wildman–Crippen MR) is 132 cm³/mol. The lowest BCUT2D eigenvalue weighted by molar-refractivity contribution is 0.0935. The van der Waals surface area contributed by atoms with Crippen LogP contribution in [0.3, 0.4) is 0 Å². The van der Waals surface area contributed by atoms with E-state index in [2.05, 4.69) is 10.2 Å². The van der Waals surface area contributed by atoms with Gasteiger partial charge in [-0.2, -0.15) is 0 Å². The number of sulfone groups is 1. The van der Waals surface area contributed by atoms with Gasteiger partial charge in [0, 0.05) is 34.7 Å². The Hall–Kier alpha value is -2.35. The Morgan fingerprint density at radius 3 is 2.31 bits per heavy atom. The fraction of sp³-hybridized carbons (Fsp3) is 0.292. The summed E-state index contributed by atoms with van der Waals surface area (Å²) in [5.74, 6) is 0.0610. The van der Waals surface area contributed by atoms with Crippen LogP contribution in [0, 0.1) is 0 Å². The van der Waals surface area contributed by atoms with E-state index >= 15 is 0 Å². The number of carbonyl (C=O) groups excluding carboxylic acids is 1. The monoisotopic (exact) mass is 488 g/mol. The molecule has 1 N–H and O–H groups in total. The number of nitrogens with one attached hydrogen (secondary N) is 1. The van der Waals surface area contributed by atoms with Crippen LogP contribution in [0.1, 0.15) is 29.4 Å². The Balaban J connectivity index is 1.32. The van der Waals surface area contributed by atoms with Crippen LogP contribution in [0.2, 0.25) is 5.02 Å². The van der Waals surface area contributed by atoms with Gasteiger partial charge in [-0.25, -0.2) is 8.42 Å². The summed E-state index contributed by atoms with van der Waals surface area (Å²) < 4.78 is 24.0. The quantitative estimate of drug-likeness (QED) is 0.514. The van der Waals surface area contributed by atoms with Crippen molar-refractivity contribution in [2.75, 3.05) is 23.7 Å². The van der Waals surface area contributed by atoms with E-state index < -0.39 is 9.84 Å². The molecule has 2 aromatic carbocycles. The van der Waals surface area contributed by atoms with E-state index in [9.17, 15) is 13.2 Å². The zero-order valence-electron chi connectivity index (χ0n) is 17.8. The SMILES string of the molecule is CCS(=O)(=O)c1ccc(N2CCC(NC(=O)c3ccc(-c4ccc(Cl)cc4)s3)CC2)cc1. The fourth-order valence-electron chi connectivity index (χ4n) is 3.80. The minimum Gasteiger partial charge on any atom is -0.371 e. The molecular formula is C24H25ClN2O3S2. The van der Waals surface area contributed by atoms with Gasteiger partial charge in [-0.05, 0) is 66.9 Å². The number of carbonyl (C=O) groups is 1. The normalized spacial score (nSPS) is 15.0. The van der Waals surface area contributed by atoms with Gasteiger partial charge in [-0.15, -0.1) is 11.3 Å². The first-order chi connectivity index (χ1) is 15.4. The number of thiophene rings is 1. The summed E-state index contributed by atoms with van der Waals surface area (Å²) in [6.45, 7) is 3.27. The first-order valence-corrected chi connectivity index (χ1v) is 13.4. The second-order valence-electron chi connectivity index (χ2n) is 7.80. The van der Waals surface area contributed by atoms with E-state index in [0.717, 1.165) is 42.1 Å². The van der Waals surface area contributed by atoms with Crippen LogP contribution in [-0.2, 0) is 9.84 Å². The lowest BCUT2D eigenvalue weighted by Crippen LogP contribution is -2.44. The van der Waals surface area contributed by atoms with Gasteiger partial charge < -0.3 is 10.2 Å². The molecule has 0 bridgehead atoms. The van der Waals surface area contributed by atoms with Gasteiger partial charge in [0.25, 0.3) is 5.91 Å². The largest absolute Gasteiger partial charge is 0.371 e. The summed E-state index contributed by atoms with van der Waals surface area (Å²) in [4.78, 5) is 17.1. The Bertz CT molecular complexity index is 1180. The van der Waals surface area contributed by atoms with Gasteiger partial charge in [-0.1, -0.05) is 30.7 Å². The zero-order valence-corrected chi connectivity index (χ0v) is 20.1. The number of hydrogen-bond acceptors (Lipinski definition) is 5. The molecule has 0 unspecified atom stereocenters. The number of piperidine rings is 1. The maximum atomic E-state index is 12.7. The average Bonchev–Trinajstić information content (AvgIpc) is 3.31. The summed E-state index contributed by atoms with van der Waals surface area (Å²) in [6.07, 6.45) is 1.69. The summed E-state index contributed by atoms with van der Waals surface area (Å²) in [5.41, 5.74) is 2.06. The van der Waals surface area contributed by atoms with E-state index in [0.29, 0.717) is 14.8 Å². The molecule has 0 radical (unpaired) electrons. The van der Waals surface area contributed by atoms with E-state index in [1.807, 2.05) is 48.5 Å². The minimum atomic E-state index is -3.18. The van der Waals surface area contributed by atoms with Crippen molar-refractivity contribution in [2.24, 2.45) is 0 Å². The van der Waals surface area contributed by atoms with Gasteiger partial charge in [-0.3, -0.25) is 4.79 Å². The van der Waals surface area contributed by atoms with E-state index in [1.54, 1.807) is 19.1 Å². The zero-order chi connectivity index (χ0) is 22.7. The third-order valence-electron chi connectivity index (χ3n) is 5.73. The van der Waals surface area contributed by atoms with Crippen molar-refractivity contribution in [1.82, 2.24) is 5.32 Å². The van der Waals surface area contributed by atoms with Gasteiger partial charge in [0.1, 0.15) is 0 Å². The second-order valence-corrected chi connectivity index (χ2v) is 11.6. The molecule has 2 heterocycles. The van der Waals surface area contributed by atoms with Crippen molar-refractivity contribution in [1.29, 1.82) is 0 Å². The Morgan fingerprint density at radius 1 is 1.03 bits per heavy atom. The van der Waals surface area contributed by atoms with Crippen LogP contribution >= 0.6 is 22.9 Å². The third-order valence-corrected chi connectivity index (χ3v) is 8.87. The molecule has 1 saturated heterocycles. The van der Waals surface area contributed by atoms with E-state index in [1.165, 1.54) is 11.3 Å². The first-order valence-electron chi connectivity index (χ1n) is 10.6. The molecule has 3 aromatic rings. The number of amides is 1. The number of hydrogen-bond donors (Lipinski definition) is 1. The van der Waals surface area contributed by atoms with Crippen molar-refractivity contribution in [2.45, 2.75) is 30.7 Å². The molecule has 8 heteroatoms. The molecule has 0 aliphatic carbocycles. The van der Waals surface area contributed by atoms with Gasteiger partial charge in [0.05, 0.1) is 15.5 Å². The highest BCUT2D eigenvalue weighted by molar-refractivity contribution is 7.91. The highest BCUT2D eigenvalue weighted by Crippen LogP contribution is 2.29. The van der Waals surface area contributed by atoms with Crippen molar-refractivity contribution in [3.63, 3.8) is 0 Å². The molecule has 5 nitrogen and oxygen atoms in total.